The standard InChI is InChI=1S/C12H12ClN3/c13-10-6-8(1-2-11(10)14)5-9-3-4-16-12(15)7-9/h1-4,6-7H,5,14H2,(H2,15,16). The fourth-order valence-electron chi connectivity index (χ4n) is 1.52. The quantitative estimate of drug-likeness (QED) is 0.784. The van der Waals surface area contributed by atoms with Gasteiger partial charge in [0.15, 0.2) is 0 Å². The Balaban J connectivity index is 2.24. The summed E-state index contributed by atoms with van der Waals surface area (Å²) in [7, 11) is 0. The van der Waals surface area contributed by atoms with Crippen LogP contribution in [0.3, 0.4) is 0 Å². The summed E-state index contributed by atoms with van der Waals surface area (Å²) in [6.07, 6.45) is 2.47. The molecular weight excluding hydrogens is 222 g/mol. The molecule has 82 valence electrons. The first kappa shape index (κ1) is 10.8. The Morgan fingerprint density at radius 1 is 1.06 bits per heavy atom. The van der Waals surface area contributed by atoms with E-state index in [0.717, 1.165) is 17.5 Å². The van der Waals surface area contributed by atoms with Crippen molar-refractivity contribution in [1.82, 2.24) is 4.98 Å². The average Bonchev–Trinajstić information content (AvgIpc) is 2.24. The Hall–Kier alpha value is -1.74. The van der Waals surface area contributed by atoms with Gasteiger partial charge in [-0.2, -0.15) is 0 Å². The number of benzene rings is 1. The number of rotatable bonds is 2. The van der Waals surface area contributed by atoms with Crippen LogP contribution in [0.4, 0.5) is 11.5 Å². The number of hydrogen-bond acceptors (Lipinski definition) is 3. The van der Waals surface area contributed by atoms with Gasteiger partial charge < -0.3 is 11.5 Å². The van der Waals surface area contributed by atoms with Crippen molar-refractivity contribution >= 4 is 23.1 Å². The van der Waals surface area contributed by atoms with Crippen molar-refractivity contribution in [3.63, 3.8) is 0 Å². The van der Waals surface area contributed by atoms with Gasteiger partial charge in [-0.05, 0) is 41.8 Å². The highest BCUT2D eigenvalue weighted by molar-refractivity contribution is 6.33. The van der Waals surface area contributed by atoms with Crippen LogP contribution in [0.5, 0.6) is 0 Å². The van der Waals surface area contributed by atoms with E-state index in [9.17, 15) is 0 Å². The second-order valence-corrected chi connectivity index (χ2v) is 4.03. The molecule has 0 aliphatic heterocycles. The number of nitrogen functional groups attached to an aromatic ring is 2. The maximum absolute atomic E-state index is 5.95. The maximum Gasteiger partial charge on any atom is 0.123 e. The number of pyridine rings is 1. The minimum absolute atomic E-state index is 0.527. The van der Waals surface area contributed by atoms with Crippen LogP contribution < -0.4 is 11.5 Å². The molecule has 2 rings (SSSR count). The summed E-state index contributed by atoms with van der Waals surface area (Å²) in [6.45, 7) is 0. The highest BCUT2D eigenvalue weighted by Gasteiger charge is 2.00. The minimum Gasteiger partial charge on any atom is -0.398 e. The first-order valence-corrected chi connectivity index (χ1v) is 5.27. The first-order valence-electron chi connectivity index (χ1n) is 4.89. The normalized spacial score (nSPS) is 10.3. The van der Waals surface area contributed by atoms with Crippen LogP contribution in [0, 0.1) is 0 Å². The Morgan fingerprint density at radius 2 is 1.81 bits per heavy atom. The van der Waals surface area contributed by atoms with E-state index >= 15 is 0 Å². The van der Waals surface area contributed by atoms with Crippen LogP contribution in [0.25, 0.3) is 0 Å². The third kappa shape index (κ3) is 2.44. The van der Waals surface area contributed by atoms with Crippen LogP contribution >= 0.6 is 11.6 Å². The summed E-state index contributed by atoms with van der Waals surface area (Å²) in [4.78, 5) is 3.94. The summed E-state index contributed by atoms with van der Waals surface area (Å²) >= 11 is 5.95. The van der Waals surface area contributed by atoms with Gasteiger partial charge in [0.1, 0.15) is 5.82 Å². The van der Waals surface area contributed by atoms with Crippen LogP contribution in [0.2, 0.25) is 5.02 Å². The predicted molar refractivity (Wildman–Crippen MR) is 67.3 cm³/mol. The Bertz CT molecular complexity index is 511. The molecule has 2 aromatic rings. The molecule has 0 saturated carbocycles. The smallest absolute Gasteiger partial charge is 0.123 e. The van der Waals surface area contributed by atoms with Crippen LogP contribution in [-0.4, -0.2) is 4.98 Å². The highest BCUT2D eigenvalue weighted by atomic mass is 35.5. The second kappa shape index (κ2) is 4.41. The van der Waals surface area contributed by atoms with E-state index in [2.05, 4.69) is 4.98 Å². The maximum atomic E-state index is 5.95. The third-order valence-electron chi connectivity index (χ3n) is 2.32. The molecule has 0 unspecified atom stereocenters. The summed E-state index contributed by atoms with van der Waals surface area (Å²) in [6, 6.07) is 9.42. The number of nitrogens with two attached hydrogens (primary N) is 2. The summed E-state index contributed by atoms with van der Waals surface area (Å²) in [5.74, 6) is 0.527. The predicted octanol–water partition coefficient (Wildman–Crippen LogP) is 2.49. The molecule has 0 fully saturated rings. The SMILES string of the molecule is Nc1cc(Cc2ccc(N)c(Cl)c2)ccn1. The van der Waals surface area contributed by atoms with E-state index in [4.69, 9.17) is 23.1 Å². The van der Waals surface area contributed by atoms with E-state index in [-0.39, 0.29) is 0 Å². The Kier molecular flexibility index (Phi) is 2.97. The van der Waals surface area contributed by atoms with E-state index in [1.54, 1.807) is 6.20 Å². The van der Waals surface area contributed by atoms with Gasteiger partial charge in [0, 0.05) is 6.20 Å². The number of hydrogen-bond donors (Lipinski definition) is 2. The molecule has 0 atom stereocenters. The van der Waals surface area contributed by atoms with Crippen molar-refractivity contribution in [2.45, 2.75) is 6.42 Å². The lowest BCUT2D eigenvalue weighted by Crippen LogP contribution is -1.94. The van der Waals surface area contributed by atoms with Crippen molar-refractivity contribution < 1.29 is 0 Å². The van der Waals surface area contributed by atoms with Crippen LogP contribution in [-0.2, 0) is 6.42 Å². The first-order chi connectivity index (χ1) is 7.65. The lowest BCUT2D eigenvalue weighted by atomic mass is 10.1. The molecule has 3 nitrogen and oxygen atoms in total. The van der Waals surface area contributed by atoms with Gasteiger partial charge >= 0.3 is 0 Å². The van der Waals surface area contributed by atoms with E-state index in [0.29, 0.717) is 16.5 Å². The topological polar surface area (TPSA) is 64.9 Å². The van der Waals surface area contributed by atoms with Crippen molar-refractivity contribution in [3.8, 4) is 0 Å². The second-order valence-electron chi connectivity index (χ2n) is 3.62. The Morgan fingerprint density at radius 3 is 2.50 bits per heavy atom. The molecule has 0 aliphatic carbocycles. The summed E-state index contributed by atoms with van der Waals surface area (Å²) in [5, 5.41) is 0.583. The van der Waals surface area contributed by atoms with Crippen LogP contribution in [0.15, 0.2) is 36.5 Å². The molecule has 1 aromatic heterocycles. The zero-order chi connectivity index (χ0) is 11.5. The number of nitrogens with zero attached hydrogens (tertiary/aromatic N) is 1. The molecule has 0 spiro atoms. The highest BCUT2D eigenvalue weighted by Crippen LogP contribution is 2.21. The fraction of sp³-hybridized carbons (Fsp3) is 0.0833. The number of aromatic nitrogens is 1. The molecule has 0 bridgehead atoms. The lowest BCUT2D eigenvalue weighted by Gasteiger charge is -2.04. The van der Waals surface area contributed by atoms with Crippen LogP contribution in [0.1, 0.15) is 11.1 Å². The molecule has 1 heterocycles. The molecule has 0 amide bonds. The van der Waals surface area contributed by atoms with E-state index in [1.807, 2.05) is 30.3 Å². The van der Waals surface area contributed by atoms with Gasteiger partial charge in [0.2, 0.25) is 0 Å². The van der Waals surface area contributed by atoms with Gasteiger partial charge in [-0.1, -0.05) is 17.7 Å². The van der Waals surface area contributed by atoms with Gasteiger partial charge in [-0.3, -0.25) is 0 Å². The minimum atomic E-state index is 0.527. The molecule has 0 radical (unpaired) electrons. The number of anilines is 2. The number of halogens is 1. The Labute approximate surface area is 99.1 Å². The molecule has 4 heteroatoms. The van der Waals surface area contributed by atoms with Crippen molar-refractivity contribution in [2.75, 3.05) is 11.5 Å². The van der Waals surface area contributed by atoms with Gasteiger partial charge in [-0.15, -0.1) is 0 Å². The molecule has 1 aromatic carbocycles. The third-order valence-corrected chi connectivity index (χ3v) is 2.65. The molecule has 0 saturated heterocycles. The summed E-state index contributed by atoms with van der Waals surface area (Å²) < 4.78 is 0. The molecule has 0 aliphatic rings. The largest absolute Gasteiger partial charge is 0.398 e. The lowest BCUT2D eigenvalue weighted by molar-refractivity contribution is 1.17. The van der Waals surface area contributed by atoms with E-state index < -0.39 is 0 Å². The summed E-state index contributed by atoms with van der Waals surface area (Å²) in [5.41, 5.74) is 14.1. The fourth-order valence-corrected chi connectivity index (χ4v) is 1.72. The zero-order valence-electron chi connectivity index (χ0n) is 8.65. The molecule has 16 heavy (non-hydrogen) atoms. The average molecular weight is 234 g/mol. The monoisotopic (exact) mass is 233 g/mol. The van der Waals surface area contributed by atoms with Crippen molar-refractivity contribution in [2.24, 2.45) is 0 Å². The zero-order valence-corrected chi connectivity index (χ0v) is 9.41. The molecular formula is C12H12ClN3. The van der Waals surface area contributed by atoms with Gasteiger partial charge in [-0.25, -0.2) is 4.98 Å². The van der Waals surface area contributed by atoms with Gasteiger partial charge in [0.05, 0.1) is 10.7 Å². The van der Waals surface area contributed by atoms with Crippen molar-refractivity contribution in [1.29, 1.82) is 0 Å². The van der Waals surface area contributed by atoms with Gasteiger partial charge in [0.25, 0.3) is 0 Å². The van der Waals surface area contributed by atoms with Crippen molar-refractivity contribution in [3.05, 3.63) is 52.7 Å². The van der Waals surface area contributed by atoms with E-state index in [1.165, 1.54) is 0 Å². The molecule has 4 N–H and O–H groups in total.